The Balaban J connectivity index is 2.91. The molecule has 0 aliphatic heterocycles. The summed E-state index contributed by atoms with van der Waals surface area (Å²) in [6.45, 7) is 0. The summed E-state index contributed by atoms with van der Waals surface area (Å²) in [4.78, 5) is 0. The van der Waals surface area contributed by atoms with E-state index in [9.17, 15) is 26.3 Å². The predicted molar refractivity (Wildman–Crippen MR) is 31.8 cm³/mol. The zero-order valence-electron chi connectivity index (χ0n) is 6.34. The lowest BCUT2D eigenvalue weighted by Crippen LogP contribution is -2.50. The van der Waals surface area contributed by atoms with Crippen LogP contribution in [0.1, 0.15) is 12.8 Å². The zero-order valence-corrected chi connectivity index (χ0v) is 6.34. The fourth-order valence-corrected chi connectivity index (χ4v) is 1.27. The summed E-state index contributed by atoms with van der Waals surface area (Å²) in [6.07, 6.45) is -11.1. The van der Waals surface area contributed by atoms with Gasteiger partial charge in [-0.25, -0.2) is 0 Å². The van der Waals surface area contributed by atoms with Crippen LogP contribution in [-0.4, -0.2) is 17.9 Å². The van der Waals surface area contributed by atoms with Gasteiger partial charge in [-0.05, 0) is 12.8 Å². The number of hydrogen-bond acceptors (Lipinski definition) is 1. The van der Waals surface area contributed by atoms with E-state index in [1.807, 2.05) is 0 Å². The first kappa shape index (κ1) is 10.6. The third-order valence-electron chi connectivity index (χ3n) is 2.06. The maximum atomic E-state index is 12.0. The molecule has 1 nitrogen and oxygen atoms in total. The minimum absolute atomic E-state index is 0.226. The maximum Gasteiger partial charge on any atom is 0.402 e. The second-order valence-electron chi connectivity index (χ2n) is 3.25. The van der Waals surface area contributed by atoms with E-state index in [2.05, 4.69) is 0 Å². The Kier molecular flexibility index (Phi) is 2.06. The summed E-state index contributed by atoms with van der Waals surface area (Å²) in [5.41, 5.74) is 2.81. The standard InChI is InChI=1S/C6H7F6N/c7-5(8,9)3(6(10,11)12)4(13)1-2-4/h3H,1-2,13H2. The molecular weight excluding hydrogens is 200 g/mol. The average molecular weight is 207 g/mol. The van der Waals surface area contributed by atoms with Crippen LogP contribution in [0.5, 0.6) is 0 Å². The molecule has 0 atom stereocenters. The molecule has 1 aliphatic carbocycles. The number of rotatable bonds is 1. The topological polar surface area (TPSA) is 26.0 Å². The number of hydrogen-bond donors (Lipinski definition) is 1. The summed E-state index contributed by atoms with van der Waals surface area (Å²) >= 11 is 0. The number of nitrogens with two attached hydrogens (primary N) is 1. The predicted octanol–water partition coefficient (Wildman–Crippen LogP) is 2.22. The SMILES string of the molecule is NC1(C(C(F)(F)F)C(F)(F)F)CC1. The van der Waals surface area contributed by atoms with Gasteiger partial charge in [-0.1, -0.05) is 0 Å². The van der Waals surface area contributed by atoms with Crippen molar-refractivity contribution >= 4 is 0 Å². The van der Waals surface area contributed by atoms with Crippen LogP contribution >= 0.6 is 0 Å². The highest BCUT2D eigenvalue weighted by molar-refractivity contribution is 5.08. The Morgan fingerprint density at radius 1 is 0.923 bits per heavy atom. The molecular formula is C6H7F6N. The highest BCUT2D eigenvalue weighted by Gasteiger charge is 2.69. The summed E-state index contributed by atoms with van der Waals surface area (Å²) in [5, 5.41) is 0. The van der Waals surface area contributed by atoms with Crippen LogP contribution in [0.25, 0.3) is 0 Å². The molecule has 1 fully saturated rings. The van der Waals surface area contributed by atoms with Gasteiger partial charge in [0.05, 0.1) is 0 Å². The van der Waals surface area contributed by atoms with Crippen LogP contribution in [0.4, 0.5) is 26.3 Å². The molecule has 13 heavy (non-hydrogen) atoms. The van der Waals surface area contributed by atoms with E-state index in [0.29, 0.717) is 0 Å². The van der Waals surface area contributed by atoms with Crippen LogP contribution in [0.15, 0.2) is 0 Å². The van der Waals surface area contributed by atoms with E-state index >= 15 is 0 Å². The molecule has 1 aliphatic rings. The first-order valence-corrected chi connectivity index (χ1v) is 3.50. The Morgan fingerprint density at radius 2 is 1.23 bits per heavy atom. The largest absolute Gasteiger partial charge is 0.402 e. The molecule has 7 heteroatoms. The average Bonchev–Trinajstić information content (AvgIpc) is 2.37. The van der Waals surface area contributed by atoms with Crippen LogP contribution in [0.3, 0.4) is 0 Å². The van der Waals surface area contributed by atoms with Crippen LogP contribution in [-0.2, 0) is 0 Å². The molecule has 0 saturated heterocycles. The molecule has 0 amide bonds. The van der Waals surface area contributed by atoms with Crippen LogP contribution in [0, 0.1) is 5.92 Å². The van der Waals surface area contributed by atoms with E-state index in [-0.39, 0.29) is 12.8 Å². The lowest BCUT2D eigenvalue weighted by molar-refractivity contribution is -0.292. The molecule has 0 radical (unpaired) electrons. The molecule has 1 rings (SSSR count). The second-order valence-corrected chi connectivity index (χ2v) is 3.25. The third kappa shape index (κ3) is 2.07. The van der Waals surface area contributed by atoms with Gasteiger partial charge in [0.1, 0.15) is 0 Å². The Hall–Kier alpha value is -0.460. The minimum Gasteiger partial charge on any atom is -0.324 e. The fourth-order valence-electron chi connectivity index (χ4n) is 1.27. The molecule has 0 unspecified atom stereocenters. The molecule has 0 spiro atoms. The third-order valence-corrected chi connectivity index (χ3v) is 2.06. The quantitative estimate of drug-likeness (QED) is 0.655. The van der Waals surface area contributed by atoms with Gasteiger partial charge in [0, 0.05) is 5.54 Å². The van der Waals surface area contributed by atoms with Crippen molar-refractivity contribution in [1.82, 2.24) is 0 Å². The van der Waals surface area contributed by atoms with Gasteiger partial charge in [-0.3, -0.25) is 0 Å². The first-order valence-electron chi connectivity index (χ1n) is 3.50. The summed E-state index contributed by atoms with van der Waals surface area (Å²) in [6, 6.07) is 0. The molecule has 2 N–H and O–H groups in total. The smallest absolute Gasteiger partial charge is 0.324 e. The monoisotopic (exact) mass is 207 g/mol. The van der Waals surface area contributed by atoms with E-state index in [0.717, 1.165) is 0 Å². The van der Waals surface area contributed by atoms with Crippen molar-refractivity contribution in [2.45, 2.75) is 30.7 Å². The molecule has 0 bridgehead atoms. The van der Waals surface area contributed by atoms with E-state index in [1.165, 1.54) is 0 Å². The zero-order chi connectivity index (χ0) is 10.5. The highest BCUT2D eigenvalue weighted by Crippen LogP contribution is 2.53. The first-order chi connectivity index (χ1) is 5.57. The highest BCUT2D eigenvalue weighted by atomic mass is 19.4. The van der Waals surface area contributed by atoms with Gasteiger partial charge in [-0.2, -0.15) is 26.3 Å². The minimum atomic E-state index is -5.30. The van der Waals surface area contributed by atoms with Crippen molar-refractivity contribution in [3.05, 3.63) is 0 Å². The van der Waals surface area contributed by atoms with E-state index in [4.69, 9.17) is 5.73 Å². The van der Waals surface area contributed by atoms with Crippen molar-refractivity contribution in [2.24, 2.45) is 11.7 Å². The van der Waals surface area contributed by atoms with Crippen molar-refractivity contribution in [3.63, 3.8) is 0 Å². The van der Waals surface area contributed by atoms with Gasteiger partial charge < -0.3 is 5.73 Å². The van der Waals surface area contributed by atoms with Crippen LogP contribution < -0.4 is 5.73 Å². The molecule has 78 valence electrons. The Morgan fingerprint density at radius 3 is 1.31 bits per heavy atom. The van der Waals surface area contributed by atoms with Crippen molar-refractivity contribution in [1.29, 1.82) is 0 Å². The molecule has 1 saturated carbocycles. The Bertz CT molecular complexity index is 179. The van der Waals surface area contributed by atoms with Gasteiger partial charge >= 0.3 is 12.4 Å². The fraction of sp³-hybridized carbons (Fsp3) is 1.00. The van der Waals surface area contributed by atoms with E-state index in [1.54, 1.807) is 0 Å². The summed E-state index contributed by atoms with van der Waals surface area (Å²) < 4.78 is 71.7. The van der Waals surface area contributed by atoms with Gasteiger partial charge in [0.15, 0.2) is 5.92 Å². The maximum absolute atomic E-state index is 12.0. The molecule has 0 heterocycles. The van der Waals surface area contributed by atoms with Gasteiger partial charge in [-0.15, -0.1) is 0 Å². The second kappa shape index (κ2) is 2.52. The molecule has 0 aromatic rings. The normalized spacial score (nSPS) is 22.2. The van der Waals surface area contributed by atoms with Gasteiger partial charge in [0.2, 0.25) is 0 Å². The van der Waals surface area contributed by atoms with Crippen LogP contribution in [0.2, 0.25) is 0 Å². The number of halogens is 6. The number of alkyl halides is 6. The molecule has 0 aromatic heterocycles. The summed E-state index contributed by atoms with van der Waals surface area (Å²) in [7, 11) is 0. The summed E-state index contributed by atoms with van der Waals surface area (Å²) in [5.74, 6) is -3.38. The van der Waals surface area contributed by atoms with Gasteiger partial charge in [0.25, 0.3) is 0 Å². The van der Waals surface area contributed by atoms with E-state index < -0.39 is 23.8 Å². The molecule has 0 aromatic carbocycles. The lowest BCUT2D eigenvalue weighted by Gasteiger charge is -2.27. The van der Waals surface area contributed by atoms with Crippen molar-refractivity contribution < 1.29 is 26.3 Å². The van der Waals surface area contributed by atoms with Crippen molar-refractivity contribution in [3.8, 4) is 0 Å². The lowest BCUT2D eigenvalue weighted by atomic mass is 9.97. The Labute approximate surface area is 69.9 Å². The van der Waals surface area contributed by atoms with Crippen molar-refractivity contribution in [2.75, 3.05) is 0 Å².